The molecule has 3 nitrogen and oxygen atoms in total. The van der Waals surface area contributed by atoms with Crippen LogP contribution >= 0.6 is 11.3 Å². The molecule has 0 saturated carbocycles. The fourth-order valence-electron chi connectivity index (χ4n) is 2.98. The summed E-state index contributed by atoms with van der Waals surface area (Å²) in [6.07, 6.45) is 6.62. The van der Waals surface area contributed by atoms with Crippen molar-refractivity contribution in [2.75, 3.05) is 19.7 Å². The van der Waals surface area contributed by atoms with Crippen molar-refractivity contribution in [2.24, 2.45) is 5.92 Å². The normalized spacial score (nSPS) is 28.1. The molecule has 1 aliphatic heterocycles. The molecule has 1 aliphatic carbocycles. The third-order valence-corrected chi connectivity index (χ3v) is 5.17. The predicted octanol–water partition coefficient (Wildman–Crippen LogP) is 2.71. The highest BCUT2D eigenvalue weighted by Gasteiger charge is 2.26. The second-order valence-corrected chi connectivity index (χ2v) is 6.50. The van der Waals surface area contributed by atoms with E-state index in [1.54, 1.807) is 0 Å². The summed E-state index contributed by atoms with van der Waals surface area (Å²) < 4.78 is 5.80. The molecule has 0 radical (unpaired) electrons. The lowest BCUT2D eigenvalue weighted by molar-refractivity contribution is 0.0275. The zero-order chi connectivity index (χ0) is 12.4. The van der Waals surface area contributed by atoms with Gasteiger partial charge in [0.1, 0.15) is 11.1 Å². The number of aromatic nitrogens is 1. The van der Waals surface area contributed by atoms with E-state index < -0.39 is 0 Å². The second kappa shape index (κ2) is 5.68. The molecule has 1 saturated heterocycles. The quantitative estimate of drug-likeness (QED) is 0.913. The Bertz CT molecular complexity index is 398. The van der Waals surface area contributed by atoms with Crippen LogP contribution in [0.1, 0.15) is 47.9 Å². The van der Waals surface area contributed by atoms with Crippen molar-refractivity contribution in [3.63, 3.8) is 0 Å². The Kier molecular flexibility index (Phi) is 3.97. The van der Waals surface area contributed by atoms with E-state index in [4.69, 9.17) is 9.72 Å². The van der Waals surface area contributed by atoms with Gasteiger partial charge in [0.15, 0.2) is 0 Å². The van der Waals surface area contributed by atoms with Crippen LogP contribution in [-0.4, -0.2) is 24.7 Å². The summed E-state index contributed by atoms with van der Waals surface area (Å²) >= 11 is 1.90. The van der Waals surface area contributed by atoms with E-state index in [2.05, 4.69) is 12.2 Å². The van der Waals surface area contributed by atoms with Gasteiger partial charge in [-0.3, -0.25) is 0 Å². The van der Waals surface area contributed by atoms with Crippen LogP contribution in [0.15, 0.2) is 0 Å². The molecule has 1 N–H and O–H groups in total. The third kappa shape index (κ3) is 2.60. The molecular weight excluding hydrogens is 244 g/mol. The van der Waals surface area contributed by atoms with Crippen LogP contribution in [0.4, 0.5) is 0 Å². The molecule has 1 aromatic heterocycles. The highest BCUT2D eigenvalue weighted by molar-refractivity contribution is 7.11. The van der Waals surface area contributed by atoms with Crippen LogP contribution in [0.25, 0.3) is 0 Å². The van der Waals surface area contributed by atoms with Gasteiger partial charge in [0.25, 0.3) is 0 Å². The third-order valence-electron chi connectivity index (χ3n) is 3.96. The van der Waals surface area contributed by atoms with E-state index in [-0.39, 0.29) is 6.10 Å². The Balaban J connectivity index is 1.72. The average Bonchev–Trinajstić information content (AvgIpc) is 2.83. The number of aryl methyl sites for hydroxylation is 1. The van der Waals surface area contributed by atoms with Crippen molar-refractivity contribution >= 4 is 11.3 Å². The van der Waals surface area contributed by atoms with Gasteiger partial charge in [-0.15, -0.1) is 11.3 Å². The number of rotatable bonds is 3. The Labute approximate surface area is 113 Å². The summed E-state index contributed by atoms with van der Waals surface area (Å²) in [5.74, 6) is 0.890. The lowest BCUT2D eigenvalue weighted by Gasteiger charge is -2.21. The lowest BCUT2D eigenvalue weighted by atomic mass is 9.88. The molecule has 2 heterocycles. The topological polar surface area (TPSA) is 34.2 Å². The molecule has 0 aromatic carbocycles. The van der Waals surface area contributed by atoms with Crippen LogP contribution in [0, 0.1) is 5.92 Å². The molecular formula is C14H22N2OS. The van der Waals surface area contributed by atoms with Crippen LogP contribution in [0.5, 0.6) is 0 Å². The standard InChI is InChI=1S/C14H22N2OS/c1-2-3-10-4-5-11-13(8-10)18-14(16-11)12-9-15-6-7-17-12/h10,12,15H,2-9H2,1H3. The Morgan fingerprint density at radius 2 is 2.44 bits per heavy atom. The Hall–Kier alpha value is -0.450. The van der Waals surface area contributed by atoms with Crippen molar-refractivity contribution in [3.8, 4) is 0 Å². The van der Waals surface area contributed by atoms with Crippen molar-refractivity contribution < 1.29 is 4.74 Å². The molecule has 0 amide bonds. The van der Waals surface area contributed by atoms with Gasteiger partial charge in [-0.2, -0.15) is 0 Å². The van der Waals surface area contributed by atoms with Crippen molar-refractivity contribution in [3.05, 3.63) is 15.6 Å². The predicted molar refractivity (Wildman–Crippen MR) is 74.1 cm³/mol. The van der Waals surface area contributed by atoms with Gasteiger partial charge in [0, 0.05) is 18.0 Å². The molecule has 1 aromatic rings. The molecule has 18 heavy (non-hydrogen) atoms. The molecule has 2 aliphatic rings. The molecule has 0 spiro atoms. The van der Waals surface area contributed by atoms with E-state index >= 15 is 0 Å². The molecule has 100 valence electrons. The van der Waals surface area contributed by atoms with Crippen LogP contribution in [0.3, 0.4) is 0 Å². The van der Waals surface area contributed by atoms with E-state index in [0.29, 0.717) is 0 Å². The molecule has 1 fully saturated rings. The first-order valence-corrected chi connectivity index (χ1v) is 7.99. The van der Waals surface area contributed by atoms with Gasteiger partial charge in [0.05, 0.1) is 12.3 Å². The van der Waals surface area contributed by atoms with Crippen molar-refractivity contribution in [1.29, 1.82) is 0 Å². The van der Waals surface area contributed by atoms with E-state index in [1.807, 2.05) is 11.3 Å². The van der Waals surface area contributed by atoms with Gasteiger partial charge in [-0.1, -0.05) is 19.8 Å². The number of ether oxygens (including phenoxy) is 1. The maximum atomic E-state index is 5.80. The molecule has 2 atom stereocenters. The molecule has 0 bridgehead atoms. The summed E-state index contributed by atoms with van der Waals surface area (Å²) in [6.45, 7) is 4.99. The van der Waals surface area contributed by atoms with Gasteiger partial charge in [0.2, 0.25) is 0 Å². The molecule has 3 rings (SSSR count). The molecule has 2 unspecified atom stereocenters. The lowest BCUT2D eigenvalue weighted by Crippen LogP contribution is -2.33. The van der Waals surface area contributed by atoms with Crippen molar-refractivity contribution in [1.82, 2.24) is 10.3 Å². The summed E-state index contributed by atoms with van der Waals surface area (Å²) in [5.41, 5.74) is 1.36. The first kappa shape index (κ1) is 12.6. The highest BCUT2D eigenvalue weighted by atomic mass is 32.1. The minimum absolute atomic E-state index is 0.193. The van der Waals surface area contributed by atoms with E-state index in [9.17, 15) is 0 Å². The number of hydrogen-bond acceptors (Lipinski definition) is 4. The number of morpholine rings is 1. The highest BCUT2D eigenvalue weighted by Crippen LogP contribution is 2.34. The monoisotopic (exact) mass is 266 g/mol. The van der Waals surface area contributed by atoms with Gasteiger partial charge < -0.3 is 10.1 Å². The van der Waals surface area contributed by atoms with Crippen molar-refractivity contribution in [2.45, 2.75) is 45.1 Å². The van der Waals surface area contributed by atoms with Crippen LogP contribution in [0.2, 0.25) is 0 Å². The fourth-order valence-corrected chi connectivity index (χ4v) is 4.26. The Morgan fingerprint density at radius 3 is 3.22 bits per heavy atom. The second-order valence-electron chi connectivity index (χ2n) is 5.38. The average molecular weight is 266 g/mol. The number of nitrogens with zero attached hydrogens (tertiary/aromatic N) is 1. The number of fused-ring (bicyclic) bond motifs is 1. The number of nitrogens with one attached hydrogen (secondary N) is 1. The van der Waals surface area contributed by atoms with Crippen LogP contribution < -0.4 is 5.32 Å². The fraction of sp³-hybridized carbons (Fsp3) is 0.786. The zero-order valence-corrected chi connectivity index (χ0v) is 11.9. The first-order chi connectivity index (χ1) is 8.86. The number of hydrogen-bond donors (Lipinski definition) is 1. The molecule has 4 heteroatoms. The van der Waals surface area contributed by atoms with E-state index in [1.165, 1.54) is 47.7 Å². The first-order valence-electron chi connectivity index (χ1n) is 7.17. The summed E-state index contributed by atoms with van der Waals surface area (Å²) in [4.78, 5) is 6.35. The van der Waals surface area contributed by atoms with Gasteiger partial charge >= 0.3 is 0 Å². The number of thiazole rings is 1. The zero-order valence-electron chi connectivity index (χ0n) is 11.1. The maximum Gasteiger partial charge on any atom is 0.123 e. The summed E-state index contributed by atoms with van der Waals surface area (Å²) in [7, 11) is 0. The minimum Gasteiger partial charge on any atom is -0.368 e. The van der Waals surface area contributed by atoms with Gasteiger partial charge in [-0.25, -0.2) is 4.98 Å². The van der Waals surface area contributed by atoms with E-state index in [0.717, 1.165) is 25.6 Å². The van der Waals surface area contributed by atoms with Crippen LogP contribution in [-0.2, 0) is 17.6 Å². The minimum atomic E-state index is 0.193. The Morgan fingerprint density at radius 1 is 1.50 bits per heavy atom. The summed E-state index contributed by atoms with van der Waals surface area (Å²) in [5, 5.41) is 4.58. The smallest absolute Gasteiger partial charge is 0.123 e. The maximum absolute atomic E-state index is 5.80. The SMILES string of the molecule is CCCC1CCc2nc(C3CNCCO3)sc2C1. The largest absolute Gasteiger partial charge is 0.368 e. The summed E-state index contributed by atoms with van der Waals surface area (Å²) in [6, 6.07) is 0. The van der Waals surface area contributed by atoms with Gasteiger partial charge in [-0.05, 0) is 25.2 Å².